The van der Waals surface area contributed by atoms with Crippen LogP contribution in [0.3, 0.4) is 0 Å². The Hall–Kier alpha value is -2.37. The number of amides is 1. The van der Waals surface area contributed by atoms with Gasteiger partial charge in [0.25, 0.3) is 5.91 Å². The smallest absolute Gasteiger partial charge is 0.251 e. The van der Waals surface area contributed by atoms with Crippen molar-refractivity contribution in [3.63, 3.8) is 0 Å². The van der Waals surface area contributed by atoms with Gasteiger partial charge in [-0.25, -0.2) is 0 Å². The molecule has 3 rings (SSSR count). The summed E-state index contributed by atoms with van der Waals surface area (Å²) in [6, 6.07) is 14.7. The van der Waals surface area contributed by atoms with Crippen LogP contribution in [-0.4, -0.2) is 11.0 Å². The lowest BCUT2D eigenvalue weighted by Crippen LogP contribution is -2.23. The van der Waals surface area contributed by atoms with Crippen LogP contribution in [0.25, 0.3) is 0 Å². The van der Waals surface area contributed by atoms with Crippen molar-refractivity contribution in [1.82, 2.24) is 5.32 Å². The Kier molecular flexibility index (Phi) is 4.60. The Morgan fingerprint density at radius 2 is 2.04 bits per heavy atom. The van der Waals surface area contributed by atoms with Crippen LogP contribution in [0.1, 0.15) is 37.5 Å². The minimum absolute atomic E-state index is 0.0929. The molecule has 0 saturated heterocycles. The Bertz CT molecular complexity index is 792. The number of carbonyl (C=O) groups is 1. The van der Waals surface area contributed by atoms with Crippen LogP contribution in [0.4, 0.5) is 0 Å². The molecule has 118 valence electrons. The molecule has 5 heteroatoms. The average molecular weight is 327 g/mol. The summed E-state index contributed by atoms with van der Waals surface area (Å²) < 4.78 is 5.22. The SMILES string of the molecule is Cc1ccccc1C(=O)NCc1ccc(C(O)c2ccco2)s1. The van der Waals surface area contributed by atoms with Crippen LogP contribution in [0.2, 0.25) is 0 Å². The van der Waals surface area contributed by atoms with Gasteiger partial charge in [0.15, 0.2) is 0 Å². The number of nitrogens with one attached hydrogen (secondary N) is 1. The number of rotatable bonds is 5. The first kappa shape index (κ1) is 15.5. The number of furan rings is 1. The van der Waals surface area contributed by atoms with E-state index in [4.69, 9.17) is 4.42 Å². The molecule has 2 heterocycles. The van der Waals surface area contributed by atoms with E-state index >= 15 is 0 Å². The van der Waals surface area contributed by atoms with Crippen molar-refractivity contribution >= 4 is 17.2 Å². The highest BCUT2D eigenvalue weighted by Gasteiger charge is 2.16. The van der Waals surface area contributed by atoms with Crippen molar-refractivity contribution < 1.29 is 14.3 Å². The molecule has 0 spiro atoms. The fourth-order valence-corrected chi connectivity index (χ4v) is 3.26. The molecule has 0 saturated carbocycles. The van der Waals surface area contributed by atoms with Crippen LogP contribution in [-0.2, 0) is 6.54 Å². The van der Waals surface area contributed by atoms with Crippen LogP contribution in [0.15, 0.2) is 59.2 Å². The van der Waals surface area contributed by atoms with Crippen molar-refractivity contribution in [3.05, 3.63) is 81.4 Å². The molecule has 23 heavy (non-hydrogen) atoms. The molecular weight excluding hydrogens is 310 g/mol. The van der Waals surface area contributed by atoms with Crippen molar-refractivity contribution in [1.29, 1.82) is 0 Å². The zero-order chi connectivity index (χ0) is 16.2. The second-order valence-electron chi connectivity index (χ2n) is 5.22. The summed E-state index contributed by atoms with van der Waals surface area (Å²) in [4.78, 5) is 14.0. The largest absolute Gasteiger partial charge is 0.466 e. The maximum atomic E-state index is 12.2. The summed E-state index contributed by atoms with van der Waals surface area (Å²) in [6.07, 6.45) is 0.769. The third-order valence-corrected chi connectivity index (χ3v) is 4.72. The van der Waals surface area contributed by atoms with Gasteiger partial charge in [-0.15, -0.1) is 11.3 Å². The highest BCUT2D eigenvalue weighted by Crippen LogP contribution is 2.28. The van der Waals surface area contributed by atoms with Gasteiger partial charge in [-0.2, -0.15) is 0 Å². The second kappa shape index (κ2) is 6.81. The zero-order valence-corrected chi connectivity index (χ0v) is 13.5. The summed E-state index contributed by atoms with van der Waals surface area (Å²) in [6.45, 7) is 2.35. The fourth-order valence-electron chi connectivity index (χ4n) is 2.31. The number of aliphatic hydroxyl groups is 1. The van der Waals surface area contributed by atoms with Crippen molar-refractivity contribution in [3.8, 4) is 0 Å². The Morgan fingerprint density at radius 3 is 2.78 bits per heavy atom. The summed E-state index contributed by atoms with van der Waals surface area (Å²) in [5.41, 5.74) is 1.63. The van der Waals surface area contributed by atoms with E-state index in [9.17, 15) is 9.90 Å². The van der Waals surface area contributed by atoms with Gasteiger partial charge in [-0.1, -0.05) is 18.2 Å². The molecule has 2 aromatic heterocycles. The second-order valence-corrected chi connectivity index (χ2v) is 6.42. The molecule has 1 unspecified atom stereocenters. The molecule has 0 aliphatic carbocycles. The summed E-state index contributed by atoms with van der Waals surface area (Å²) in [5.74, 6) is 0.423. The predicted molar refractivity (Wildman–Crippen MR) is 89.4 cm³/mol. The van der Waals surface area contributed by atoms with Crippen LogP contribution in [0, 0.1) is 6.92 Å². The van der Waals surface area contributed by atoms with E-state index in [-0.39, 0.29) is 5.91 Å². The fraction of sp³-hybridized carbons (Fsp3) is 0.167. The number of aliphatic hydroxyl groups excluding tert-OH is 1. The molecule has 0 fully saturated rings. The molecule has 0 aliphatic rings. The van der Waals surface area contributed by atoms with Gasteiger partial charge in [-0.3, -0.25) is 4.79 Å². The normalized spacial score (nSPS) is 12.1. The highest BCUT2D eigenvalue weighted by atomic mass is 32.1. The molecule has 1 atom stereocenters. The number of thiophene rings is 1. The number of carbonyl (C=O) groups excluding carboxylic acids is 1. The summed E-state index contributed by atoms with van der Waals surface area (Å²) in [5, 5.41) is 13.1. The van der Waals surface area contributed by atoms with Crippen LogP contribution < -0.4 is 5.32 Å². The molecular formula is C18H17NO3S. The first-order valence-corrected chi connectivity index (χ1v) is 8.10. The Morgan fingerprint density at radius 1 is 1.22 bits per heavy atom. The number of hydrogen-bond donors (Lipinski definition) is 2. The van der Waals surface area contributed by atoms with E-state index < -0.39 is 6.10 Å². The molecule has 0 aliphatic heterocycles. The van der Waals surface area contributed by atoms with Gasteiger partial charge < -0.3 is 14.8 Å². The first-order chi connectivity index (χ1) is 11.1. The summed E-state index contributed by atoms with van der Waals surface area (Å²) in [7, 11) is 0. The van der Waals surface area contributed by atoms with Gasteiger partial charge in [0.1, 0.15) is 11.9 Å². The maximum absolute atomic E-state index is 12.2. The minimum Gasteiger partial charge on any atom is -0.466 e. The molecule has 3 aromatic rings. The molecule has 1 aromatic carbocycles. The number of hydrogen-bond acceptors (Lipinski definition) is 4. The predicted octanol–water partition coefficient (Wildman–Crippen LogP) is 3.66. The van der Waals surface area contributed by atoms with Crippen molar-refractivity contribution in [2.45, 2.75) is 19.6 Å². The van der Waals surface area contributed by atoms with E-state index in [0.29, 0.717) is 17.9 Å². The summed E-state index contributed by atoms with van der Waals surface area (Å²) >= 11 is 1.46. The monoisotopic (exact) mass is 327 g/mol. The standard InChI is InChI=1S/C18H17NO3S/c1-12-5-2-3-6-14(12)18(21)19-11-13-8-9-16(23-13)17(20)15-7-4-10-22-15/h2-10,17,20H,11H2,1H3,(H,19,21). The number of benzene rings is 1. The van der Waals surface area contributed by atoms with Crippen LogP contribution >= 0.6 is 11.3 Å². The number of aryl methyl sites for hydroxylation is 1. The highest BCUT2D eigenvalue weighted by molar-refractivity contribution is 7.12. The average Bonchev–Trinajstić information content (AvgIpc) is 3.24. The lowest BCUT2D eigenvalue weighted by Gasteiger charge is -2.06. The van der Waals surface area contributed by atoms with Gasteiger partial charge >= 0.3 is 0 Å². The molecule has 2 N–H and O–H groups in total. The Labute approximate surface area is 138 Å². The molecule has 0 bridgehead atoms. The Balaban J connectivity index is 1.64. The van der Waals surface area contributed by atoms with Gasteiger partial charge in [-0.05, 0) is 42.8 Å². The maximum Gasteiger partial charge on any atom is 0.251 e. The van der Waals surface area contributed by atoms with Crippen LogP contribution in [0.5, 0.6) is 0 Å². The van der Waals surface area contributed by atoms with E-state index in [1.54, 1.807) is 12.1 Å². The minimum atomic E-state index is -0.768. The first-order valence-electron chi connectivity index (χ1n) is 7.29. The molecule has 4 nitrogen and oxygen atoms in total. The van der Waals surface area contributed by atoms with Gasteiger partial charge in [0.2, 0.25) is 0 Å². The molecule has 1 amide bonds. The van der Waals surface area contributed by atoms with Crippen molar-refractivity contribution in [2.75, 3.05) is 0 Å². The lowest BCUT2D eigenvalue weighted by molar-refractivity contribution is 0.0950. The zero-order valence-electron chi connectivity index (χ0n) is 12.7. The van der Waals surface area contributed by atoms with E-state index in [0.717, 1.165) is 15.3 Å². The van der Waals surface area contributed by atoms with Gasteiger partial charge in [0.05, 0.1) is 12.8 Å². The molecule has 0 radical (unpaired) electrons. The van der Waals surface area contributed by atoms with E-state index in [1.807, 2.05) is 43.3 Å². The third kappa shape index (κ3) is 3.52. The van der Waals surface area contributed by atoms with Crippen molar-refractivity contribution in [2.24, 2.45) is 0 Å². The van der Waals surface area contributed by atoms with E-state index in [1.165, 1.54) is 17.6 Å². The topological polar surface area (TPSA) is 62.5 Å². The third-order valence-electron chi connectivity index (χ3n) is 3.58. The van der Waals surface area contributed by atoms with Gasteiger partial charge in [0, 0.05) is 15.3 Å². The quantitative estimate of drug-likeness (QED) is 0.752. The lowest BCUT2D eigenvalue weighted by atomic mass is 10.1. The van der Waals surface area contributed by atoms with E-state index in [2.05, 4.69) is 5.32 Å².